The largest absolute Gasteiger partial charge is 0.323 e. The molecule has 0 radical (unpaired) electrons. The van der Waals surface area contributed by atoms with Gasteiger partial charge < -0.3 is 10.6 Å². The lowest BCUT2D eigenvalue weighted by molar-refractivity contribution is 0.0688. The van der Waals surface area contributed by atoms with Crippen LogP contribution in [0.3, 0.4) is 0 Å². The number of hydrogen-bond acceptors (Lipinski definition) is 11. The van der Waals surface area contributed by atoms with Crippen LogP contribution in [0.5, 0.6) is 0 Å². The maximum Gasteiger partial charge on any atom is 0.323 e. The van der Waals surface area contributed by atoms with Crippen molar-refractivity contribution in [2.24, 2.45) is 10.3 Å². The molecular weight excluding hydrogens is 1090 g/mol. The summed E-state index contributed by atoms with van der Waals surface area (Å²) in [6.07, 6.45) is -2.77. The SMILES string of the molecule is Cc1ccc(-c2cc(C(=O)NC(O[PH](=O)OC(NC(=O)c3cc(-c4ccc(C)cc4)n(-c4ccc(S(N)(=O)=O)cc4)n3)c3ccc(Br)cc3)c3ccc(Br)cc3)nn2-c2ccc(S(N)(=O)=O)cc2)cc1. The van der Waals surface area contributed by atoms with Crippen molar-refractivity contribution in [2.75, 3.05) is 0 Å². The lowest BCUT2D eigenvalue weighted by Gasteiger charge is -2.23. The van der Waals surface area contributed by atoms with E-state index in [4.69, 9.17) is 19.3 Å². The Balaban J connectivity index is 1.08. The van der Waals surface area contributed by atoms with Gasteiger partial charge in [0.25, 0.3) is 11.8 Å². The third kappa shape index (κ3) is 12.0. The van der Waals surface area contributed by atoms with Crippen LogP contribution < -0.4 is 20.9 Å². The molecule has 6 N–H and O–H groups in total. The molecular formula is C48H41Br2N8O9PS2. The van der Waals surface area contributed by atoms with Crippen molar-refractivity contribution in [3.8, 4) is 33.9 Å². The number of nitrogens with one attached hydrogen (secondary N) is 2. The summed E-state index contributed by atoms with van der Waals surface area (Å²) in [6, 6.07) is 42.9. The van der Waals surface area contributed by atoms with E-state index in [-0.39, 0.29) is 21.2 Å². The minimum Gasteiger partial charge on any atom is -0.321 e. The maximum atomic E-state index is 14.2. The van der Waals surface area contributed by atoms with E-state index >= 15 is 0 Å². The average molecular weight is 1130 g/mol. The summed E-state index contributed by atoms with van der Waals surface area (Å²) in [5, 5.41) is 25.4. The van der Waals surface area contributed by atoms with E-state index in [1.165, 1.54) is 57.9 Å². The van der Waals surface area contributed by atoms with Gasteiger partial charge in [-0.1, -0.05) is 116 Å². The van der Waals surface area contributed by atoms with Crippen LogP contribution in [0.2, 0.25) is 0 Å². The van der Waals surface area contributed by atoms with Crippen molar-refractivity contribution in [1.82, 2.24) is 30.2 Å². The predicted octanol–water partition coefficient (Wildman–Crippen LogP) is 8.81. The Morgan fingerprint density at radius 3 is 1.19 bits per heavy atom. The highest BCUT2D eigenvalue weighted by Gasteiger charge is 2.27. The van der Waals surface area contributed by atoms with Crippen LogP contribution in [0.15, 0.2) is 176 Å². The first-order valence-corrected chi connectivity index (χ1v) is 26.8. The quantitative estimate of drug-likeness (QED) is 0.0526. The van der Waals surface area contributed by atoms with Crippen molar-refractivity contribution < 1.29 is 40.0 Å². The number of benzene rings is 6. The molecule has 0 aliphatic rings. The molecule has 8 rings (SSSR count). The number of aromatic nitrogens is 4. The number of aryl methyl sites for hydroxylation is 2. The van der Waals surface area contributed by atoms with Gasteiger partial charge in [-0.15, -0.1) is 0 Å². The smallest absolute Gasteiger partial charge is 0.321 e. The van der Waals surface area contributed by atoms with E-state index in [0.29, 0.717) is 54.0 Å². The number of primary sulfonamides is 2. The van der Waals surface area contributed by atoms with Crippen LogP contribution in [-0.4, -0.2) is 48.2 Å². The Kier molecular flexibility index (Phi) is 14.9. The standard InChI is InChI=1S/C48H41Br2N8O9PS2/c1-29-3-7-31(8-4-29)43-27-41(55-57(43)37-19-23-39(24-20-37)69(51,62)63)45(59)53-47(33-11-15-35(49)16-12-33)66-68(61)67-48(34-13-17-36(50)18-14-34)54-46(60)42-28-44(32-9-5-30(2)6-10-32)58(56-42)38-21-25-40(26-22-38)70(52,64)65/h3-28,47-48,68H,1-2H3,(H,53,59)(H,54,60)(H2,51,62,63)(H2,52,64,65). The fourth-order valence-corrected chi connectivity index (χ4v) is 9.42. The van der Waals surface area contributed by atoms with Gasteiger partial charge in [0.05, 0.1) is 32.6 Å². The monoisotopic (exact) mass is 1130 g/mol. The molecule has 17 nitrogen and oxygen atoms in total. The summed E-state index contributed by atoms with van der Waals surface area (Å²) in [5.74, 6) is -1.46. The number of carbonyl (C=O) groups excluding carboxylic acids is 2. The molecule has 358 valence electrons. The van der Waals surface area contributed by atoms with Crippen molar-refractivity contribution in [3.05, 3.63) is 200 Å². The van der Waals surface area contributed by atoms with Crippen LogP contribution in [-0.2, 0) is 33.7 Å². The molecule has 0 saturated carbocycles. The summed E-state index contributed by atoms with van der Waals surface area (Å²) in [4.78, 5) is 28.2. The zero-order valence-corrected chi connectivity index (χ0v) is 42.7. The van der Waals surface area contributed by atoms with E-state index in [2.05, 4.69) is 52.7 Å². The number of halogens is 2. The van der Waals surface area contributed by atoms with Gasteiger partial charge in [-0.2, -0.15) is 10.2 Å². The van der Waals surface area contributed by atoms with Crippen LogP contribution in [0.4, 0.5) is 0 Å². The molecule has 2 aromatic heterocycles. The Morgan fingerprint density at radius 2 is 0.871 bits per heavy atom. The molecule has 0 spiro atoms. The van der Waals surface area contributed by atoms with Gasteiger partial charge in [0.1, 0.15) is 0 Å². The van der Waals surface area contributed by atoms with Gasteiger partial charge >= 0.3 is 8.25 Å². The van der Waals surface area contributed by atoms with E-state index in [1.807, 2.05) is 62.4 Å². The maximum absolute atomic E-state index is 14.2. The van der Waals surface area contributed by atoms with Crippen LogP contribution in [0.1, 0.15) is 55.7 Å². The molecule has 70 heavy (non-hydrogen) atoms. The van der Waals surface area contributed by atoms with Crippen molar-refractivity contribution in [3.63, 3.8) is 0 Å². The first-order chi connectivity index (χ1) is 33.3. The summed E-state index contributed by atoms with van der Waals surface area (Å²) >= 11 is 6.84. The molecule has 2 amide bonds. The number of amides is 2. The van der Waals surface area contributed by atoms with Gasteiger partial charge in [0.15, 0.2) is 23.8 Å². The van der Waals surface area contributed by atoms with Crippen LogP contribution in [0, 0.1) is 13.8 Å². The summed E-state index contributed by atoms with van der Waals surface area (Å²) in [5.41, 5.74) is 5.87. The molecule has 22 heteroatoms. The molecule has 6 aromatic carbocycles. The van der Waals surface area contributed by atoms with Gasteiger partial charge in [-0.25, -0.2) is 36.5 Å². The highest BCUT2D eigenvalue weighted by Crippen LogP contribution is 2.38. The van der Waals surface area contributed by atoms with E-state index in [1.54, 1.807) is 60.7 Å². The minimum absolute atomic E-state index is 0.0674. The molecule has 2 atom stereocenters. The average Bonchev–Trinajstić information content (AvgIpc) is 3.99. The van der Waals surface area contributed by atoms with Gasteiger partial charge in [-0.3, -0.25) is 23.2 Å². The fourth-order valence-electron chi connectivity index (χ4n) is 7.03. The second kappa shape index (κ2) is 20.9. The number of nitrogens with zero attached hydrogens (tertiary/aromatic N) is 4. The lowest BCUT2D eigenvalue weighted by Crippen LogP contribution is -2.31. The number of carbonyl (C=O) groups is 2. The van der Waals surface area contributed by atoms with Crippen molar-refractivity contribution in [2.45, 2.75) is 36.1 Å². The Bertz CT molecular complexity index is 3240. The Labute approximate surface area is 420 Å². The zero-order chi connectivity index (χ0) is 49.9. The minimum atomic E-state index is -3.99. The van der Waals surface area contributed by atoms with E-state index in [9.17, 15) is 31.0 Å². The van der Waals surface area contributed by atoms with Crippen molar-refractivity contribution in [1.29, 1.82) is 0 Å². The summed E-state index contributed by atoms with van der Waals surface area (Å²) in [6.45, 7) is 3.86. The molecule has 2 heterocycles. The second-order valence-electron chi connectivity index (χ2n) is 15.8. The van der Waals surface area contributed by atoms with Crippen molar-refractivity contribution >= 4 is 72.0 Å². The Morgan fingerprint density at radius 1 is 0.543 bits per heavy atom. The van der Waals surface area contributed by atoms with E-state index < -0.39 is 52.6 Å². The molecule has 0 fully saturated rings. The normalized spacial score (nSPS) is 13.1. The van der Waals surface area contributed by atoms with Crippen LogP contribution in [0.25, 0.3) is 33.9 Å². The molecule has 0 bridgehead atoms. The van der Waals surface area contributed by atoms with Gasteiger partial charge in [0, 0.05) is 31.2 Å². The number of nitrogens with two attached hydrogens (primary N) is 2. The Hall–Kier alpha value is -6.39. The van der Waals surface area contributed by atoms with Gasteiger partial charge in [-0.05, 0) is 98.8 Å². The topological polar surface area (TPSA) is 250 Å². The zero-order valence-electron chi connectivity index (χ0n) is 36.9. The fraction of sp³-hybridized carbons (Fsp3) is 0.0833. The van der Waals surface area contributed by atoms with Gasteiger partial charge in [0.2, 0.25) is 20.0 Å². The first-order valence-electron chi connectivity index (χ1n) is 20.9. The highest BCUT2D eigenvalue weighted by molar-refractivity contribution is 9.10. The van der Waals surface area contributed by atoms with Crippen LogP contribution >= 0.6 is 40.1 Å². The summed E-state index contributed by atoms with van der Waals surface area (Å²) in [7, 11) is -11.6. The predicted molar refractivity (Wildman–Crippen MR) is 270 cm³/mol. The molecule has 2 unspecified atom stereocenters. The second-order valence-corrected chi connectivity index (χ2v) is 21.7. The molecule has 0 saturated heterocycles. The third-order valence-electron chi connectivity index (χ3n) is 10.7. The molecule has 8 aromatic rings. The highest BCUT2D eigenvalue weighted by atomic mass is 79.9. The van der Waals surface area contributed by atoms with E-state index in [0.717, 1.165) is 11.1 Å². The molecule has 0 aliphatic carbocycles. The number of rotatable bonds is 16. The first kappa shape index (κ1) is 50.0. The summed E-state index contributed by atoms with van der Waals surface area (Å²) < 4.78 is 78.7. The third-order valence-corrected chi connectivity index (χ3v) is 14.5. The number of sulfonamides is 2. The number of hydrogen-bond donors (Lipinski definition) is 4. The molecule has 0 aliphatic heterocycles. The lowest BCUT2D eigenvalue weighted by atomic mass is 10.1.